The molecule has 3 rings (SSSR count). The molecule has 1 N–H and O–H groups in total. The van der Waals surface area contributed by atoms with Crippen LogP contribution in [0.3, 0.4) is 0 Å². The molecule has 0 atom stereocenters. The maximum absolute atomic E-state index is 11.5. The summed E-state index contributed by atoms with van der Waals surface area (Å²) in [6, 6.07) is 6.63. The highest BCUT2D eigenvalue weighted by atomic mass is 17.1. The summed E-state index contributed by atoms with van der Waals surface area (Å²) in [4.78, 5) is 15.8. The van der Waals surface area contributed by atoms with E-state index in [9.17, 15) is 4.79 Å². The number of hydrogen-bond acceptors (Lipinski definition) is 6. The number of benzene rings is 1. The van der Waals surface area contributed by atoms with E-state index in [2.05, 4.69) is 4.89 Å². The van der Waals surface area contributed by atoms with Gasteiger partial charge in [0.2, 0.25) is 5.75 Å². The zero-order valence-electron chi connectivity index (χ0n) is 12.0. The molecule has 114 valence electrons. The van der Waals surface area contributed by atoms with Crippen molar-refractivity contribution in [1.82, 2.24) is 0 Å². The molecule has 2 heterocycles. The Kier molecular flexibility index (Phi) is 3.48. The van der Waals surface area contributed by atoms with Crippen LogP contribution >= 0.6 is 0 Å². The lowest BCUT2D eigenvalue weighted by Gasteiger charge is -2.14. The van der Waals surface area contributed by atoms with Crippen LogP contribution in [-0.4, -0.2) is 10.9 Å². The molecule has 2 aromatic heterocycles. The molecule has 0 unspecified atom stereocenters. The molecule has 22 heavy (non-hydrogen) atoms. The molecule has 0 radical (unpaired) electrons. The van der Waals surface area contributed by atoms with E-state index >= 15 is 0 Å². The van der Waals surface area contributed by atoms with Crippen molar-refractivity contribution in [2.75, 3.05) is 0 Å². The second kappa shape index (κ2) is 5.32. The van der Waals surface area contributed by atoms with E-state index in [0.29, 0.717) is 16.9 Å². The van der Waals surface area contributed by atoms with Gasteiger partial charge in [0, 0.05) is 16.8 Å². The fraction of sp³-hybridized carbons (Fsp3) is 0.188. The predicted octanol–water partition coefficient (Wildman–Crippen LogP) is 3.70. The molecule has 0 spiro atoms. The van der Waals surface area contributed by atoms with Gasteiger partial charge in [-0.05, 0) is 38.1 Å². The molecular formula is C16H14O6. The zero-order valence-corrected chi connectivity index (χ0v) is 12.0. The summed E-state index contributed by atoms with van der Waals surface area (Å²) in [5, 5.41) is 10.3. The maximum Gasteiger partial charge on any atom is 0.336 e. The number of fused-ring (bicyclic) bond motifs is 2. The van der Waals surface area contributed by atoms with Crippen LogP contribution in [0, 0.1) is 0 Å². The summed E-state index contributed by atoms with van der Waals surface area (Å²) < 4.78 is 16.2. The first-order valence-electron chi connectivity index (χ1n) is 6.61. The molecule has 6 nitrogen and oxygen atoms in total. The summed E-state index contributed by atoms with van der Waals surface area (Å²) in [7, 11) is 0. The Morgan fingerprint density at radius 2 is 1.95 bits per heavy atom. The molecule has 1 aromatic carbocycles. The maximum atomic E-state index is 11.5. The van der Waals surface area contributed by atoms with Gasteiger partial charge in [0.25, 0.3) is 0 Å². The molecule has 0 amide bonds. The molecule has 0 fully saturated rings. The van der Waals surface area contributed by atoms with Crippen LogP contribution in [0.25, 0.3) is 21.9 Å². The highest BCUT2D eigenvalue weighted by molar-refractivity contribution is 6.00. The molecule has 0 saturated carbocycles. The van der Waals surface area contributed by atoms with Gasteiger partial charge in [-0.15, -0.1) is 0 Å². The molecular weight excluding hydrogens is 288 g/mol. The summed E-state index contributed by atoms with van der Waals surface area (Å²) in [5.74, 6) is 0.292. The first-order valence-corrected chi connectivity index (χ1v) is 6.61. The molecule has 6 heteroatoms. The van der Waals surface area contributed by atoms with Gasteiger partial charge in [0.05, 0.1) is 12.5 Å². The van der Waals surface area contributed by atoms with E-state index in [0.717, 1.165) is 10.8 Å². The second-order valence-electron chi connectivity index (χ2n) is 5.33. The van der Waals surface area contributed by atoms with E-state index in [1.807, 2.05) is 6.07 Å². The summed E-state index contributed by atoms with van der Waals surface area (Å²) in [6.45, 7) is 3.30. The molecule has 0 aliphatic heterocycles. The van der Waals surface area contributed by atoms with Crippen LogP contribution in [0.15, 0.2) is 56.5 Å². The van der Waals surface area contributed by atoms with Crippen LogP contribution in [0.1, 0.15) is 13.8 Å². The average molecular weight is 302 g/mol. The van der Waals surface area contributed by atoms with Gasteiger partial charge in [-0.2, -0.15) is 0 Å². The van der Waals surface area contributed by atoms with Gasteiger partial charge in [-0.1, -0.05) is 0 Å². The van der Waals surface area contributed by atoms with Crippen LogP contribution in [0.4, 0.5) is 0 Å². The fourth-order valence-corrected chi connectivity index (χ4v) is 2.01. The van der Waals surface area contributed by atoms with E-state index in [1.165, 1.54) is 24.7 Å². The van der Waals surface area contributed by atoms with Crippen LogP contribution in [0.2, 0.25) is 0 Å². The summed E-state index contributed by atoms with van der Waals surface area (Å²) in [6.07, 6.45) is 4.39. The number of rotatable bonds is 4. The molecule has 0 bridgehead atoms. The normalized spacial score (nSPS) is 12.5. The molecule has 3 aromatic rings. The Labute approximate surface area is 125 Å². The second-order valence-corrected chi connectivity index (χ2v) is 5.33. The van der Waals surface area contributed by atoms with E-state index in [1.54, 1.807) is 26.0 Å². The first kappa shape index (κ1) is 14.4. The van der Waals surface area contributed by atoms with Gasteiger partial charge in [0.1, 0.15) is 5.60 Å². The van der Waals surface area contributed by atoms with Crippen molar-refractivity contribution in [3.63, 3.8) is 0 Å². The summed E-state index contributed by atoms with van der Waals surface area (Å²) in [5.41, 5.74) is -0.629. The van der Waals surface area contributed by atoms with Crippen LogP contribution < -0.4 is 10.4 Å². The lowest BCUT2D eigenvalue weighted by Crippen LogP contribution is -2.19. The molecule has 0 aliphatic carbocycles. The van der Waals surface area contributed by atoms with Crippen molar-refractivity contribution in [1.29, 1.82) is 0 Å². The number of furan rings is 1. The molecule has 0 aliphatic rings. The minimum Gasteiger partial charge on any atom is -0.460 e. The third-order valence-corrected chi connectivity index (χ3v) is 3.17. The Bertz CT molecular complexity index is 900. The largest absolute Gasteiger partial charge is 0.460 e. The monoisotopic (exact) mass is 302 g/mol. The summed E-state index contributed by atoms with van der Waals surface area (Å²) >= 11 is 0. The van der Waals surface area contributed by atoms with E-state index in [4.69, 9.17) is 18.8 Å². The third kappa shape index (κ3) is 2.61. The van der Waals surface area contributed by atoms with Gasteiger partial charge in [-0.3, -0.25) is 5.26 Å². The Morgan fingerprint density at radius 3 is 2.73 bits per heavy atom. The van der Waals surface area contributed by atoms with Crippen LogP contribution in [-0.2, 0) is 4.89 Å². The van der Waals surface area contributed by atoms with Crippen molar-refractivity contribution < 1.29 is 23.7 Å². The van der Waals surface area contributed by atoms with Gasteiger partial charge in [-0.25, -0.2) is 9.68 Å². The van der Waals surface area contributed by atoms with Crippen molar-refractivity contribution in [2.24, 2.45) is 0 Å². The van der Waals surface area contributed by atoms with Gasteiger partial charge >= 0.3 is 5.63 Å². The predicted molar refractivity (Wildman–Crippen MR) is 79.8 cm³/mol. The van der Waals surface area contributed by atoms with Crippen LogP contribution in [0.5, 0.6) is 5.75 Å². The van der Waals surface area contributed by atoms with Crippen molar-refractivity contribution in [3.8, 4) is 5.75 Å². The Morgan fingerprint density at radius 1 is 1.18 bits per heavy atom. The highest BCUT2D eigenvalue weighted by Gasteiger charge is 2.16. The van der Waals surface area contributed by atoms with Gasteiger partial charge in [0.15, 0.2) is 11.2 Å². The van der Waals surface area contributed by atoms with Gasteiger partial charge < -0.3 is 13.6 Å². The smallest absolute Gasteiger partial charge is 0.336 e. The topological polar surface area (TPSA) is 82.0 Å². The fourth-order valence-electron chi connectivity index (χ4n) is 2.01. The SMILES string of the molecule is CC(C)(/C=C/Oc1c2occc2cc2ccc(=O)oc12)OO. The lowest BCUT2D eigenvalue weighted by molar-refractivity contribution is -0.297. The van der Waals surface area contributed by atoms with E-state index in [-0.39, 0.29) is 0 Å². The number of hydrogen-bond donors (Lipinski definition) is 1. The highest BCUT2D eigenvalue weighted by Crippen LogP contribution is 2.35. The number of ether oxygens (including phenoxy) is 1. The van der Waals surface area contributed by atoms with E-state index < -0.39 is 11.2 Å². The minimum atomic E-state index is -0.909. The lowest BCUT2D eigenvalue weighted by atomic mass is 10.1. The standard InChI is InChI=1S/C16H14O6/c1-16(2,22-18)6-8-20-15-13-11(5-7-19-13)9-10-3-4-12(17)21-14(10)15/h3-9,18H,1-2H3/b8-6+. The zero-order chi connectivity index (χ0) is 15.7. The first-order chi connectivity index (χ1) is 10.5. The molecule has 0 saturated heterocycles. The Balaban J connectivity index is 2.14. The van der Waals surface area contributed by atoms with Crippen molar-refractivity contribution >= 4 is 21.9 Å². The average Bonchev–Trinajstić information content (AvgIpc) is 2.95. The quantitative estimate of drug-likeness (QED) is 0.342. The Hall–Kier alpha value is -2.57. The third-order valence-electron chi connectivity index (χ3n) is 3.17. The van der Waals surface area contributed by atoms with Crippen molar-refractivity contribution in [3.05, 3.63) is 53.3 Å². The van der Waals surface area contributed by atoms with Crippen molar-refractivity contribution in [2.45, 2.75) is 19.4 Å². The minimum absolute atomic E-state index is 0.292.